The average molecular weight is 483 g/mol. The molecule has 1 aromatic heterocycles. The third-order valence-corrected chi connectivity index (χ3v) is 5.72. The van der Waals surface area contributed by atoms with Crippen molar-refractivity contribution in [2.75, 3.05) is 37.6 Å². The number of anilines is 1. The summed E-state index contributed by atoms with van der Waals surface area (Å²) in [4.78, 5) is 26.6. The Morgan fingerprint density at radius 3 is 2.09 bits per heavy atom. The quantitative estimate of drug-likeness (QED) is 0.575. The van der Waals surface area contributed by atoms with Gasteiger partial charge in [-0.25, -0.2) is 0 Å². The average Bonchev–Trinajstić information content (AvgIpc) is 3.56. The van der Waals surface area contributed by atoms with Gasteiger partial charge in [-0.1, -0.05) is 12.8 Å². The van der Waals surface area contributed by atoms with Crippen LogP contribution in [0, 0.1) is 5.92 Å². The Kier molecular flexibility index (Phi) is 7.05. The second kappa shape index (κ2) is 9.31. The van der Waals surface area contributed by atoms with Crippen LogP contribution in [0.5, 0.6) is 0 Å². The van der Waals surface area contributed by atoms with Gasteiger partial charge in [-0.05, 0) is 24.5 Å². The zero-order valence-electron chi connectivity index (χ0n) is 17.4. The van der Waals surface area contributed by atoms with Crippen molar-refractivity contribution in [3.8, 4) is 0 Å². The minimum Gasteiger partial charge on any atom is -0.373 e. The number of piperazine rings is 1. The molecular weight excluding hydrogens is 460 g/mol. The number of nitrogens with zero attached hydrogens (tertiary/aromatic N) is 4. The third kappa shape index (κ3) is 5.84. The van der Waals surface area contributed by atoms with Crippen molar-refractivity contribution >= 4 is 17.6 Å². The van der Waals surface area contributed by atoms with Crippen molar-refractivity contribution in [1.29, 1.82) is 0 Å². The lowest BCUT2D eigenvalue weighted by Crippen LogP contribution is -2.60. The second-order valence-corrected chi connectivity index (χ2v) is 8.17. The van der Waals surface area contributed by atoms with Crippen LogP contribution < -0.4 is 10.2 Å². The molecule has 8 nitrogen and oxygen atoms in total. The summed E-state index contributed by atoms with van der Waals surface area (Å²) in [6.45, 7) is 0.347. The molecule has 1 aromatic rings. The molecule has 33 heavy (non-hydrogen) atoms. The molecule has 1 saturated carbocycles. The van der Waals surface area contributed by atoms with Gasteiger partial charge in [-0.3, -0.25) is 9.59 Å². The highest BCUT2D eigenvalue weighted by Gasteiger charge is 2.71. The molecule has 2 amide bonds. The lowest BCUT2D eigenvalue weighted by atomic mass is 9.97. The lowest BCUT2D eigenvalue weighted by Gasteiger charge is -2.37. The molecule has 184 valence electrons. The van der Waals surface area contributed by atoms with Gasteiger partial charge in [0, 0.05) is 32.7 Å². The van der Waals surface area contributed by atoms with Crippen molar-refractivity contribution in [2.45, 2.75) is 43.6 Å². The first kappa shape index (κ1) is 25.0. The van der Waals surface area contributed by atoms with Crippen molar-refractivity contribution in [1.82, 2.24) is 20.4 Å². The third-order valence-electron chi connectivity index (χ3n) is 5.72. The molecule has 0 spiro atoms. The number of carbonyl (C=O) groups excluding carboxylic acids is 2. The Balaban J connectivity index is 1.52. The molecule has 1 aliphatic heterocycles. The number of rotatable bonds is 7. The normalized spacial score (nSPS) is 17.8. The van der Waals surface area contributed by atoms with Gasteiger partial charge in [0.05, 0.1) is 6.42 Å². The molecule has 0 unspecified atom stereocenters. The first-order valence-electron chi connectivity index (χ1n) is 10.3. The molecular formula is C19H23F6N5O3. The summed E-state index contributed by atoms with van der Waals surface area (Å²) in [5.41, 5.74) is -5.00. The molecule has 2 N–H and O–H groups in total. The fraction of sp³-hybridized carbons (Fsp3) is 0.684. The number of amides is 2. The van der Waals surface area contributed by atoms with Gasteiger partial charge in [-0.15, -0.1) is 10.2 Å². The molecule has 0 atom stereocenters. The van der Waals surface area contributed by atoms with E-state index in [1.54, 1.807) is 4.90 Å². The van der Waals surface area contributed by atoms with E-state index in [0.717, 1.165) is 11.3 Å². The number of carbonyl (C=O) groups is 2. The van der Waals surface area contributed by atoms with Crippen LogP contribution in [0.25, 0.3) is 0 Å². The Hall–Kier alpha value is -2.64. The Morgan fingerprint density at radius 1 is 1.00 bits per heavy atom. The van der Waals surface area contributed by atoms with Gasteiger partial charge in [0.1, 0.15) is 0 Å². The number of hydrogen-bond donors (Lipinski definition) is 2. The summed E-state index contributed by atoms with van der Waals surface area (Å²) in [6, 6.07) is 2.98. The topological polar surface area (TPSA) is 98.7 Å². The molecule has 0 bridgehead atoms. The SMILES string of the molecule is O=C(NCCC1CC1)c1ccc(N2CCN(C(=O)CC(O)(C(F)(F)F)C(F)(F)F)CC2)nn1. The van der Waals surface area contributed by atoms with E-state index in [0.29, 0.717) is 18.3 Å². The predicted molar refractivity (Wildman–Crippen MR) is 102 cm³/mol. The lowest BCUT2D eigenvalue weighted by molar-refractivity contribution is -0.367. The highest BCUT2D eigenvalue weighted by molar-refractivity contribution is 5.92. The Labute approximate surface area is 184 Å². The van der Waals surface area contributed by atoms with Crippen LogP contribution in [0.15, 0.2) is 12.1 Å². The highest BCUT2D eigenvalue weighted by Crippen LogP contribution is 2.45. The van der Waals surface area contributed by atoms with Crippen LogP contribution in [0.2, 0.25) is 0 Å². The summed E-state index contributed by atoms with van der Waals surface area (Å²) in [6.07, 6.45) is -11.0. The van der Waals surface area contributed by atoms with Crippen LogP contribution in [0.4, 0.5) is 32.2 Å². The van der Waals surface area contributed by atoms with Gasteiger partial charge < -0.3 is 20.2 Å². The molecule has 2 fully saturated rings. The van der Waals surface area contributed by atoms with Crippen LogP contribution in [0.3, 0.4) is 0 Å². The van der Waals surface area contributed by atoms with Gasteiger partial charge in [0.2, 0.25) is 5.91 Å². The van der Waals surface area contributed by atoms with Crippen LogP contribution >= 0.6 is 0 Å². The van der Waals surface area contributed by atoms with Crippen molar-refractivity contribution in [3.63, 3.8) is 0 Å². The number of halogens is 6. The fourth-order valence-corrected chi connectivity index (χ4v) is 3.38. The molecule has 14 heteroatoms. The summed E-state index contributed by atoms with van der Waals surface area (Å²) < 4.78 is 76.9. The molecule has 3 rings (SSSR count). The van der Waals surface area contributed by atoms with Gasteiger partial charge >= 0.3 is 12.4 Å². The van der Waals surface area contributed by atoms with Crippen molar-refractivity contribution < 1.29 is 41.0 Å². The fourth-order valence-electron chi connectivity index (χ4n) is 3.38. The molecule has 1 saturated heterocycles. The minimum absolute atomic E-state index is 0.0732. The number of aliphatic hydroxyl groups is 1. The summed E-state index contributed by atoms with van der Waals surface area (Å²) in [7, 11) is 0. The van der Waals surface area contributed by atoms with Crippen LogP contribution in [0.1, 0.15) is 36.2 Å². The molecule has 2 aliphatic rings. The van der Waals surface area contributed by atoms with E-state index < -0.39 is 30.3 Å². The second-order valence-electron chi connectivity index (χ2n) is 8.17. The van der Waals surface area contributed by atoms with E-state index in [1.165, 1.54) is 25.0 Å². The standard InChI is InChI=1S/C19H23F6N5O3/c20-18(21,22)17(33,19(23,24)25)11-15(31)30-9-7-29(8-10-30)14-4-3-13(27-28-14)16(32)26-6-5-12-1-2-12/h3-4,12,33H,1-2,5-11H2,(H,26,32). The van der Waals surface area contributed by atoms with Gasteiger partial charge in [0.25, 0.3) is 11.5 Å². The van der Waals surface area contributed by atoms with E-state index in [2.05, 4.69) is 15.5 Å². The Morgan fingerprint density at radius 2 is 1.61 bits per heavy atom. The van der Waals surface area contributed by atoms with Gasteiger partial charge in [-0.2, -0.15) is 26.3 Å². The van der Waals surface area contributed by atoms with Crippen molar-refractivity contribution in [2.24, 2.45) is 5.92 Å². The summed E-state index contributed by atoms with van der Waals surface area (Å²) >= 11 is 0. The first-order chi connectivity index (χ1) is 15.3. The minimum atomic E-state index is -6.05. The van der Waals surface area contributed by atoms with Gasteiger partial charge in [0.15, 0.2) is 11.5 Å². The maximum absolute atomic E-state index is 12.8. The maximum atomic E-state index is 12.8. The molecule has 1 aliphatic carbocycles. The zero-order chi connectivity index (χ0) is 24.4. The zero-order valence-corrected chi connectivity index (χ0v) is 17.4. The largest absolute Gasteiger partial charge is 0.426 e. The molecule has 0 aromatic carbocycles. The van der Waals surface area contributed by atoms with Crippen LogP contribution in [-0.4, -0.2) is 82.7 Å². The number of hydrogen-bond acceptors (Lipinski definition) is 6. The molecule has 0 radical (unpaired) electrons. The van der Waals surface area contributed by atoms with E-state index in [9.17, 15) is 41.0 Å². The van der Waals surface area contributed by atoms with E-state index >= 15 is 0 Å². The summed E-state index contributed by atoms with van der Waals surface area (Å²) in [5.74, 6) is -0.818. The van der Waals surface area contributed by atoms with Crippen molar-refractivity contribution in [3.05, 3.63) is 17.8 Å². The van der Waals surface area contributed by atoms with E-state index in [-0.39, 0.29) is 37.8 Å². The monoisotopic (exact) mass is 483 g/mol. The highest BCUT2D eigenvalue weighted by atomic mass is 19.4. The number of aromatic nitrogens is 2. The number of nitrogens with one attached hydrogen (secondary N) is 1. The summed E-state index contributed by atoms with van der Waals surface area (Å²) in [5, 5.41) is 19.8. The predicted octanol–water partition coefficient (Wildman–Crippen LogP) is 1.90. The van der Waals surface area contributed by atoms with Crippen LogP contribution in [-0.2, 0) is 4.79 Å². The first-order valence-corrected chi connectivity index (χ1v) is 10.3. The Bertz CT molecular complexity index is 835. The molecule has 2 heterocycles. The maximum Gasteiger partial charge on any atom is 0.426 e. The number of alkyl halides is 6. The van der Waals surface area contributed by atoms with E-state index in [4.69, 9.17) is 0 Å². The van der Waals surface area contributed by atoms with E-state index in [1.807, 2.05) is 0 Å². The smallest absolute Gasteiger partial charge is 0.373 e.